The molecule has 0 atom stereocenters. The summed E-state index contributed by atoms with van der Waals surface area (Å²) in [5.74, 6) is 0.190. The van der Waals surface area contributed by atoms with Crippen LogP contribution < -0.4 is 23.8 Å². The number of carbonyl (C=O) groups excluding carboxylic acids is 1. The lowest BCUT2D eigenvalue weighted by Gasteiger charge is -2.27. The van der Waals surface area contributed by atoms with Crippen LogP contribution in [0.5, 0.6) is 17.2 Å². The fourth-order valence-electron chi connectivity index (χ4n) is 3.91. The molecule has 1 aliphatic rings. The predicted octanol–water partition coefficient (Wildman–Crippen LogP) is 2.29. The number of hydrogen-bond acceptors (Lipinski definition) is 8. The summed E-state index contributed by atoms with van der Waals surface area (Å²) in [6, 6.07) is 8.74. The molecule has 1 heterocycles. The first-order valence-electron chi connectivity index (χ1n) is 11.2. The van der Waals surface area contributed by atoms with Gasteiger partial charge in [-0.3, -0.25) is 9.10 Å². The number of nitrogens with zero attached hydrogens (tertiary/aromatic N) is 2. The molecule has 1 amide bonds. The van der Waals surface area contributed by atoms with Crippen molar-refractivity contribution in [1.29, 1.82) is 0 Å². The van der Waals surface area contributed by atoms with Gasteiger partial charge in [-0.1, -0.05) is 6.42 Å². The normalized spacial score (nSPS) is 14.7. The molecule has 11 nitrogen and oxygen atoms in total. The van der Waals surface area contributed by atoms with Crippen molar-refractivity contribution in [2.24, 2.45) is 0 Å². The van der Waals surface area contributed by atoms with E-state index in [0.29, 0.717) is 24.6 Å². The molecule has 0 unspecified atom stereocenters. The van der Waals surface area contributed by atoms with Crippen LogP contribution >= 0.6 is 0 Å². The molecule has 0 aromatic heterocycles. The zero-order valence-electron chi connectivity index (χ0n) is 20.7. The molecule has 1 N–H and O–H groups in total. The highest BCUT2D eigenvalue weighted by atomic mass is 32.2. The molecular formula is C23H31N3O8S2. The van der Waals surface area contributed by atoms with E-state index < -0.39 is 32.5 Å². The Morgan fingerprint density at radius 1 is 0.889 bits per heavy atom. The minimum Gasteiger partial charge on any atom is -0.495 e. The van der Waals surface area contributed by atoms with E-state index in [1.807, 2.05) is 0 Å². The van der Waals surface area contributed by atoms with Gasteiger partial charge in [-0.25, -0.2) is 16.8 Å². The van der Waals surface area contributed by atoms with Crippen LogP contribution in [0.3, 0.4) is 0 Å². The first kappa shape index (κ1) is 27.6. The number of hydrogen-bond donors (Lipinski definition) is 1. The Kier molecular flexibility index (Phi) is 8.69. The molecule has 198 valence electrons. The quantitative estimate of drug-likeness (QED) is 0.485. The van der Waals surface area contributed by atoms with E-state index in [4.69, 9.17) is 14.2 Å². The first-order chi connectivity index (χ1) is 17.0. The Hall–Kier alpha value is -3.03. The molecular weight excluding hydrogens is 510 g/mol. The Bertz CT molecular complexity index is 1310. The highest BCUT2D eigenvalue weighted by Gasteiger charge is 2.29. The summed E-state index contributed by atoms with van der Waals surface area (Å²) in [4.78, 5) is 12.8. The third-order valence-electron chi connectivity index (χ3n) is 5.72. The Morgan fingerprint density at radius 3 is 2.08 bits per heavy atom. The summed E-state index contributed by atoms with van der Waals surface area (Å²) in [6.07, 6.45) is 3.49. The SMILES string of the molecule is COc1ccc(N(CC(=O)Nc2ccc(OC)c(S(=O)(=O)N3CCCCC3)c2)S(C)(=O)=O)cc1OC. The molecule has 13 heteroatoms. The minimum atomic E-state index is -3.85. The number of benzene rings is 2. The van der Waals surface area contributed by atoms with E-state index in [0.717, 1.165) is 29.8 Å². The van der Waals surface area contributed by atoms with Crippen molar-refractivity contribution in [3.8, 4) is 17.2 Å². The summed E-state index contributed by atoms with van der Waals surface area (Å²) >= 11 is 0. The van der Waals surface area contributed by atoms with E-state index in [-0.39, 0.29) is 22.0 Å². The van der Waals surface area contributed by atoms with Crippen LogP contribution in [0, 0.1) is 0 Å². The van der Waals surface area contributed by atoms with Gasteiger partial charge in [-0.15, -0.1) is 0 Å². The van der Waals surface area contributed by atoms with Crippen molar-refractivity contribution in [3.05, 3.63) is 36.4 Å². The Balaban J connectivity index is 1.87. The fourth-order valence-corrected chi connectivity index (χ4v) is 6.46. The Morgan fingerprint density at radius 2 is 1.50 bits per heavy atom. The summed E-state index contributed by atoms with van der Waals surface area (Å²) < 4.78 is 69.5. The molecule has 0 aliphatic carbocycles. The van der Waals surface area contributed by atoms with Gasteiger partial charge in [0.25, 0.3) is 0 Å². The molecule has 1 aliphatic heterocycles. The van der Waals surface area contributed by atoms with E-state index in [1.54, 1.807) is 0 Å². The maximum absolute atomic E-state index is 13.2. The molecule has 1 saturated heterocycles. The topological polar surface area (TPSA) is 132 Å². The standard InChI is InChI=1S/C23H31N3O8S2/c1-32-19-11-9-18(15-21(19)34-3)26(35(4,28)29)16-23(27)24-17-8-10-20(33-2)22(14-17)36(30,31)25-12-6-5-7-13-25/h8-11,14-15H,5-7,12-13,16H2,1-4H3,(H,24,27). The van der Waals surface area contributed by atoms with E-state index in [2.05, 4.69) is 5.32 Å². The maximum atomic E-state index is 13.2. The van der Waals surface area contributed by atoms with E-state index >= 15 is 0 Å². The number of methoxy groups -OCH3 is 3. The van der Waals surface area contributed by atoms with E-state index in [1.165, 1.54) is 62.0 Å². The lowest BCUT2D eigenvalue weighted by molar-refractivity contribution is -0.114. The van der Waals surface area contributed by atoms with Crippen molar-refractivity contribution in [2.75, 3.05) is 56.8 Å². The second-order valence-corrected chi connectivity index (χ2v) is 12.0. The molecule has 3 rings (SSSR count). The monoisotopic (exact) mass is 541 g/mol. The highest BCUT2D eigenvalue weighted by Crippen LogP contribution is 2.33. The van der Waals surface area contributed by atoms with Gasteiger partial charge in [0.05, 0.1) is 33.3 Å². The number of sulfonamides is 2. The molecule has 0 radical (unpaired) electrons. The average Bonchev–Trinajstić information content (AvgIpc) is 2.86. The zero-order valence-corrected chi connectivity index (χ0v) is 22.3. The highest BCUT2D eigenvalue weighted by molar-refractivity contribution is 7.92. The van der Waals surface area contributed by atoms with Crippen molar-refractivity contribution < 1.29 is 35.8 Å². The summed E-state index contributed by atoms with van der Waals surface area (Å²) in [5.41, 5.74) is 0.394. The second kappa shape index (κ2) is 11.4. The van der Waals surface area contributed by atoms with Crippen LogP contribution in [0.4, 0.5) is 11.4 Å². The lowest BCUT2D eigenvalue weighted by Crippen LogP contribution is -2.37. The number of piperidine rings is 1. The van der Waals surface area contributed by atoms with Gasteiger partial charge in [0.2, 0.25) is 26.0 Å². The third kappa shape index (κ3) is 6.20. The number of carbonyl (C=O) groups is 1. The van der Waals surface area contributed by atoms with Crippen molar-refractivity contribution >= 4 is 37.3 Å². The lowest BCUT2D eigenvalue weighted by atomic mass is 10.2. The molecule has 2 aromatic rings. The summed E-state index contributed by atoms with van der Waals surface area (Å²) in [6.45, 7) is 0.280. The summed E-state index contributed by atoms with van der Waals surface area (Å²) in [5, 5.41) is 2.59. The van der Waals surface area contributed by atoms with Gasteiger partial charge in [0.15, 0.2) is 11.5 Å². The van der Waals surface area contributed by atoms with Crippen molar-refractivity contribution in [2.45, 2.75) is 24.2 Å². The van der Waals surface area contributed by atoms with Crippen LogP contribution in [-0.4, -0.2) is 74.3 Å². The summed E-state index contributed by atoms with van der Waals surface area (Å²) in [7, 11) is -3.46. The average molecular weight is 542 g/mol. The largest absolute Gasteiger partial charge is 0.495 e. The van der Waals surface area contributed by atoms with Crippen molar-refractivity contribution in [1.82, 2.24) is 4.31 Å². The van der Waals surface area contributed by atoms with Gasteiger partial charge in [-0.05, 0) is 43.2 Å². The molecule has 2 aromatic carbocycles. The number of anilines is 2. The third-order valence-corrected chi connectivity index (χ3v) is 8.78. The second-order valence-electron chi connectivity index (χ2n) is 8.19. The Labute approximate surface area is 212 Å². The number of rotatable bonds is 10. The number of amides is 1. The molecule has 0 saturated carbocycles. The van der Waals surface area contributed by atoms with Crippen LogP contribution in [-0.2, 0) is 24.8 Å². The fraction of sp³-hybridized carbons (Fsp3) is 0.435. The van der Waals surface area contributed by atoms with Crippen LogP contribution in [0.1, 0.15) is 19.3 Å². The number of nitrogens with one attached hydrogen (secondary N) is 1. The molecule has 1 fully saturated rings. The van der Waals surface area contributed by atoms with Gasteiger partial charge in [0, 0.05) is 24.8 Å². The number of ether oxygens (including phenoxy) is 3. The first-order valence-corrected chi connectivity index (χ1v) is 14.5. The van der Waals surface area contributed by atoms with Gasteiger partial charge >= 0.3 is 0 Å². The minimum absolute atomic E-state index is 0.0652. The van der Waals surface area contributed by atoms with Crippen LogP contribution in [0.2, 0.25) is 0 Å². The van der Waals surface area contributed by atoms with Gasteiger partial charge in [-0.2, -0.15) is 4.31 Å². The van der Waals surface area contributed by atoms with Crippen molar-refractivity contribution in [3.63, 3.8) is 0 Å². The van der Waals surface area contributed by atoms with Crippen LogP contribution in [0.15, 0.2) is 41.3 Å². The van der Waals surface area contributed by atoms with Crippen LogP contribution in [0.25, 0.3) is 0 Å². The van der Waals surface area contributed by atoms with Gasteiger partial charge in [0.1, 0.15) is 17.2 Å². The molecule has 36 heavy (non-hydrogen) atoms. The van der Waals surface area contributed by atoms with E-state index in [9.17, 15) is 21.6 Å². The maximum Gasteiger partial charge on any atom is 0.246 e. The predicted molar refractivity (Wildman–Crippen MR) is 136 cm³/mol. The zero-order chi connectivity index (χ0) is 26.5. The van der Waals surface area contributed by atoms with Gasteiger partial charge < -0.3 is 19.5 Å². The smallest absolute Gasteiger partial charge is 0.246 e. The molecule has 0 bridgehead atoms. The molecule has 0 spiro atoms.